The van der Waals surface area contributed by atoms with Crippen molar-refractivity contribution in [1.29, 1.82) is 0 Å². The highest BCUT2D eigenvalue weighted by atomic mass is 32.1. The Balaban J connectivity index is 1.51. The lowest BCUT2D eigenvalue weighted by molar-refractivity contribution is 0.0952. The lowest BCUT2D eigenvalue weighted by atomic mass is 10.0. The lowest BCUT2D eigenvalue weighted by Crippen LogP contribution is -2.39. The Morgan fingerprint density at radius 3 is 2.83 bits per heavy atom. The summed E-state index contributed by atoms with van der Waals surface area (Å²) in [6.07, 6.45) is 5.91. The van der Waals surface area contributed by atoms with Gasteiger partial charge in [-0.25, -0.2) is 4.98 Å². The summed E-state index contributed by atoms with van der Waals surface area (Å²) < 4.78 is 5.63. The second kappa shape index (κ2) is 10.7. The number of hydrogen-bond acceptors (Lipinski definition) is 5. The molecule has 0 saturated carbocycles. The van der Waals surface area contributed by atoms with Gasteiger partial charge in [0.15, 0.2) is 0 Å². The van der Waals surface area contributed by atoms with Crippen molar-refractivity contribution in [2.75, 3.05) is 26.2 Å². The minimum atomic E-state index is -0.0131. The molecule has 158 valence electrons. The van der Waals surface area contributed by atoms with Crippen molar-refractivity contribution in [3.05, 3.63) is 34.8 Å². The van der Waals surface area contributed by atoms with Gasteiger partial charge in [0.25, 0.3) is 5.91 Å². The summed E-state index contributed by atoms with van der Waals surface area (Å²) in [5.41, 5.74) is 1.80. The maximum Gasteiger partial charge on any atom is 0.263 e. The first-order valence-corrected chi connectivity index (χ1v) is 11.6. The van der Waals surface area contributed by atoms with Crippen LogP contribution >= 0.6 is 11.3 Å². The van der Waals surface area contributed by atoms with E-state index in [9.17, 15) is 4.79 Å². The summed E-state index contributed by atoms with van der Waals surface area (Å²) >= 11 is 1.46. The van der Waals surface area contributed by atoms with Gasteiger partial charge < -0.3 is 15.0 Å². The third-order valence-corrected chi connectivity index (χ3v) is 6.63. The van der Waals surface area contributed by atoms with Crippen LogP contribution in [0.5, 0.6) is 5.75 Å². The van der Waals surface area contributed by atoms with E-state index in [1.54, 1.807) is 0 Å². The number of hydrogen-bond donors (Lipinski definition) is 1. The van der Waals surface area contributed by atoms with Crippen LogP contribution in [0.2, 0.25) is 0 Å². The molecule has 1 saturated heterocycles. The van der Waals surface area contributed by atoms with Crippen LogP contribution in [-0.2, 0) is 0 Å². The van der Waals surface area contributed by atoms with Crippen LogP contribution in [-0.4, -0.2) is 48.1 Å². The minimum Gasteiger partial charge on any atom is -0.494 e. The summed E-state index contributed by atoms with van der Waals surface area (Å²) in [7, 11) is 0. The Labute approximate surface area is 178 Å². The fourth-order valence-corrected chi connectivity index (χ4v) is 4.69. The van der Waals surface area contributed by atoms with Gasteiger partial charge in [-0.15, -0.1) is 11.3 Å². The fraction of sp³-hybridized carbons (Fsp3) is 0.565. The first kappa shape index (κ1) is 21.8. The second-order valence-electron chi connectivity index (χ2n) is 7.80. The summed E-state index contributed by atoms with van der Waals surface area (Å²) in [4.78, 5) is 20.5. The number of rotatable bonds is 9. The molecule has 0 spiro atoms. The molecule has 1 unspecified atom stereocenters. The van der Waals surface area contributed by atoms with Gasteiger partial charge in [-0.2, -0.15) is 0 Å². The second-order valence-corrected chi connectivity index (χ2v) is 8.80. The lowest BCUT2D eigenvalue weighted by Gasteiger charge is -2.33. The minimum absolute atomic E-state index is 0.0131. The Morgan fingerprint density at radius 2 is 2.10 bits per heavy atom. The molecule has 29 heavy (non-hydrogen) atoms. The summed E-state index contributed by atoms with van der Waals surface area (Å²) in [6, 6.07) is 8.60. The molecule has 0 aliphatic carbocycles. The van der Waals surface area contributed by atoms with Crippen LogP contribution < -0.4 is 10.1 Å². The molecule has 1 aromatic carbocycles. The van der Waals surface area contributed by atoms with E-state index in [0.29, 0.717) is 17.5 Å². The molecule has 1 atom stereocenters. The number of aryl methyl sites for hydroxylation is 1. The van der Waals surface area contributed by atoms with Gasteiger partial charge in [0, 0.05) is 24.7 Å². The molecular weight excluding hydrogens is 382 g/mol. The highest BCUT2D eigenvalue weighted by Gasteiger charge is 2.18. The standard InChI is InChI=1S/C23H33N3O2S/c1-4-16-28-20-11-9-19(10-12-20)23-25-18(3)21(29-23)22(27)24-13-7-15-26-14-6-5-8-17(26)2/h9-12,17H,4-8,13-16H2,1-3H3,(H,24,27). The molecule has 1 amide bonds. The van der Waals surface area contributed by atoms with Gasteiger partial charge in [-0.3, -0.25) is 4.79 Å². The summed E-state index contributed by atoms with van der Waals surface area (Å²) in [5, 5.41) is 3.95. The Hall–Kier alpha value is -1.92. The zero-order valence-corrected chi connectivity index (χ0v) is 18.7. The predicted molar refractivity (Wildman–Crippen MR) is 120 cm³/mol. The molecule has 0 bridgehead atoms. The summed E-state index contributed by atoms with van der Waals surface area (Å²) in [5.74, 6) is 0.853. The smallest absolute Gasteiger partial charge is 0.263 e. The number of carbonyl (C=O) groups is 1. The van der Waals surface area contributed by atoms with Gasteiger partial charge in [-0.05, 0) is 70.3 Å². The van der Waals surface area contributed by atoms with Gasteiger partial charge in [-0.1, -0.05) is 13.3 Å². The third kappa shape index (κ3) is 6.03. The molecule has 2 heterocycles. The number of nitrogens with zero attached hydrogens (tertiary/aromatic N) is 2. The number of likely N-dealkylation sites (tertiary alicyclic amines) is 1. The van der Waals surface area contributed by atoms with Gasteiger partial charge in [0.1, 0.15) is 15.6 Å². The molecule has 1 aromatic heterocycles. The van der Waals surface area contributed by atoms with Crippen molar-refractivity contribution >= 4 is 17.2 Å². The quantitative estimate of drug-likeness (QED) is 0.592. The highest BCUT2D eigenvalue weighted by Crippen LogP contribution is 2.29. The molecule has 1 aliphatic rings. The van der Waals surface area contributed by atoms with E-state index in [4.69, 9.17) is 4.74 Å². The first-order chi connectivity index (χ1) is 14.1. The van der Waals surface area contributed by atoms with E-state index in [1.165, 1.54) is 37.1 Å². The van der Waals surface area contributed by atoms with E-state index < -0.39 is 0 Å². The Bertz CT molecular complexity index is 788. The predicted octanol–water partition coefficient (Wildman–Crippen LogP) is 4.90. The van der Waals surface area contributed by atoms with E-state index in [2.05, 4.69) is 29.0 Å². The number of amides is 1. The molecule has 1 aliphatic heterocycles. The first-order valence-electron chi connectivity index (χ1n) is 10.8. The van der Waals surface area contributed by atoms with E-state index in [-0.39, 0.29) is 5.91 Å². The zero-order chi connectivity index (χ0) is 20.6. The van der Waals surface area contributed by atoms with Crippen LogP contribution in [0.1, 0.15) is 61.3 Å². The van der Waals surface area contributed by atoms with Crippen molar-refractivity contribution in [3.8, 4) is 16.3 Å². The number of aromatic nitrogens is 1. The van der Waals surface area contributed by atoms with Crippen molar-refractivity contribution < 1.29 is 9.53 Å². The van der Waals surface area contributed by atoms with Crippen LogP contribution in [0.15, 0.2) is 24.3 Å². The molecular formula is C23H33N3O2S. The van der Waals surface area contributed by atoms with Crippen molar-refractivity contribution in [3.63, 3.8) is 0 Å². The van der Waals surface area contributed by atoms with Crippen LogP contribution in [0.3, 0.4) is 0 Å². The topological polar surface area (TPSA) is 54.5 Å². The van der Waals surface area contributed by atoms with Gasteiger partial charge >= 0.3 is 0 Å². The van der Waals surface area contributed by atoms with Gasteiger partial charge in [0.2, 0.25) is 0 Å². The van der Waals surface area contributed by atoms with Crippen LogP contribution in [0.4, 0.5) is 0 Å². The zero-order valence-electron chi connectivity index (χ0n) is 17.9. The van der Waals surface area contributed by atoms with E-state index >= 15 is 0 Å². The van der Waals surface area contributed by atoms with Crippen molar-refractivity contribution in [2.24, 2.45) is 0 Å². The van der Waals surface area contributed by atoms with Crippen molar-refractivity contribution in [1.82, 2.24) is 15.2 Å². The fourth-order valence-electron chi connectivity index (χ4n) is 3.70. The van der Waals surface area contributed by atoms with E-state index in [0.717, 1.165) is 48.0 Å². The molecule has 3 rings (SSSR count). The van der Waals surface area contributed by atoms with Crippen LogP contribution in [0, 0.1) is 6.92 Å². The molecule has 2 aromatic rings. The third-order valence-electron chi connectivity index (χ3n) is 5.43. The Kier molecular flexibility index (Phi) is 8.07. The van der Waals surface area contributed by atoms with Gasteiger partial charge in [0.05, 0.1) is 12.3 Å². The average molecular weight is 416 g/mol. The maximum atomic E-state index is 12.6. The largest absolute Gasteiger partial charge is 0.494 e. The summed E-state index contributed by atoms with van der Waals surface area (Å²) in [6.45, 7) is 9.98. The highest BCUT2D eigenvalue weighted by molar-refractivity contribution is 7.17. The molecule has 1 fully saturated rings. The Morgan fingerprint density at radius 1 is 1.31 bits per heavy atom. The molecule has 5 nitrogen and oxygen atoms in total. The normalized spacial score (nSPS) is 17.3. The number of thiazole rings is 1. The maximum absolute atomic E-state index is 12.6. The number of nitrogens with one attached hydrogen (secondary N) is 1. The number of benzene rings is 1. The molecule has 6 heteroatoms. The van der Waals surface area contributed by atoms with Crippen molar-refractivity contribution in [2.45, 2.75) is 58.9 Å². The van der Waals surface area contributed by atoms with E-state index in [1.807, 2.05) is 31.2 Å². The molecule has 1 N–H and O–H groups in total. The monoisotopic (exact) mass is 415 g/mol. The van der Waals surface area contributed by atoms with Crippen LogP contribution in [0.25, 0.3) is 10.6 Å². The molecule has 0 radical (unpaired) electrons. The number of piperidine rings is 1. The SMILES string of the molecule is CCCOc1ccc(-c2nc(C)c(C(=O)NCCCN3CCCCC3C)s2)cc1. The number of ether oxygens (including phenoxy) is 1. The number of carbonyl (C=O) groups excluding carboxylic acids is 1. The average Bonchev–Trinajstić information content (AvgIpc) is 3.13.